The van der Waals surface area contributed by atoms with E-state index in [1.165, 1.54) is 48.6 Å². The zero-order chi connectivity index (χ0) is 25.6. The summed E-state index contributed by atoms with van der Waals surface area (Å²) < 4.78 is 10.3. The second-order valence-electron chi connectivity index (χ2n) is 8.01. The van der Waals surface area contributed by atoms with Gasteiger partial charge in [0.15, 0.2) is 0 Å². The highest BCUT2D eigenvalue weighted by Gasteiger charge is 2.54. The molecule has 1 fully saturated rings. The van der Waals surface area contributed by atoms with Crippen LogP contribution in [0.3, 0.4) is 0 Å². The number of aliphatic hydroxyl groups excluding tert-OH is 2. The van der Waals surface area contributed by atoms with Crippen molar-refractivity contribution in [1.29, 1.82) is 0 Å². The number of benzene rings is 2. The van der Waals surface area contributed by atoms with Gasteiger partial charge in [0, 0.05) is 25.0 Å². The van der Waals surface area contributed by atoms with Crippen LogP contribution in [-0.4, -0.2) is 67.4 Å². The quantitative estimate of drug-likeness (QED) is 0.287. The summed E-state index contributed by atoms with van der Waals surface area (Å²) in [6, 6.07) is 11.8. The molecule has 4 atom stereocenters. The van der Waals surface area contributed by atoms with Crippen molar-refractivity contribution in [2.24, 2.45) is 0 Å². The van der Waals surface area contributed by atoms with Crippen LogP contribution in [0, 0.1) is 0 Å². The van der Waals surface area contributed by atoms with Gasteiger partial charge in [-0.1, -0.05) is 24.3 Å². The monoisotopic (exact) mass is 484 g/mol. The number of carboxylic acids is 1. The first-order valence-corrected chi connectivity index (χ1v) is 10.6. The van der Waals surface area contributed by atoms with Crippen LogP contribution in [0.25, 0.3) is 12.2 Å². The van der Waals surface area contributed by atoms with Crippen LogP contribution < -0.4 is 0 Å². The van der Waals surface area contributed by atoms with Gasteiger partial charge in [-0.15, -0.1) is 0 Å². The first-order chi connectivity index (χ1) is 16.6. The molecule has 10 nitrogen and oxygen atoms in total. The minimum atomic E-state index is -2.25. The summed E-state index contributed by atoms with van der Waals surface area (Å²) in [5.41, 5.74) is -1.14. The van der Waals surface area contributed by atoms with Gasteiger partial charge in [-0.2, -0.15) is 0 Å². The minimum Gasteiger partial charge on any atom is -0.508 e. The zero-order valence-corrected chi connectivity index (χ0v) is 18.4. The molecule has 0 amide bonds. The predicted octanol–water partition coefficient (Wildman–Crippen LogP) is 1.62. The average molecular weight is 484 g/mol. The van der Waals surface area contributed by atoms with Crippen molar-refractivity contribution in [3.63, 3.8) is 0 Å². The molecule has 3 rings (SSSR count). The molecule has 0 radical (unpaired) electrons. The third kappa shape index (κ3) is 6.69. The Morgan fingerprint density at radius 1 is 0.800 bits per heavy atom. The summed E-state index contributed by atoms with van der Waals surface area (Å²) in [6.07, 6.45) is -1.17. The van der Waals surface area contributed by atoms with Crippen molar-refractivity contribution in [1.82, 2.24) is 0 Å². The van der Waals surface area contributed by atoms with Crippen molar-refractivity contribution >= 4 is 30.1 Å². The van der Waals surface area contributed by atoms with Crippen LogP contribution in [0.2, 0.25) is 0 Å². The molecule has 0 bridgehead atoms. The summed E-state index contributed by atoms with van der Waals surface area (Å²) in [6.45, 7) is 0. The van der Waals surface area contributed by atoms with Gasteiger partial charge in [0.2, 0.25) is 5.60 Å². The van der Waals surface area contributed by atoms with E-state index in [0.29, 0.717) is 11.1 Å². The zero-order valence-electron chi connectivity index (χ0n) is 18.4. The molecule has 0 aromatic heterocycles. The number of aromatic hydroxyl groups is 2. The Morgan fingerprint density at radius 3 is 1.77 bits per heavy atom. The van der Waals surface area contributed by atoms with Gasteiger partial charge in [0.25, 0.3) is 0 Å². The number of aliphatic carboxylic acids is 1. The van der Waals surface area contributed by atoms with E-state index in [4.69, 9.17) is 9.47 Å². The summed E-state index contributed by atoms with van der Waals surface area (Å²) in [5, 5.41) is 48.9. The van der Waals surface area contributed by atoms with E-state index in [0.717, 1.165) is 12.2 Å². The van der Waals surface area contributed by atoms with Crippen molar-refractivity contribution < 1.29 is 49.4 Å². The van der Waals surface area contributed by atoms with E-state index in [-0.39, 0.29) is 11.5 Å². The van der Waals surface area contributed by atoms with Gasteiger partial charge in [-0.05, 0) is 47.5 Å². The van der Waals surface area contributed by atoms with Gasteiger partial charge < -0.3 is 35.0 Å². The number of carbonyl (C=O) groups excluding carboxylic acids is 2. The average Bonchev–Trinajstić information content (AvgIpc) is 2.81. The van der Waals surface area contributed by atoms with Gasteiger partial charge in [-0.3, -0.25) is 0 Å². The second kappa shape index (κ2) is 10.9. The number of aliphatic hydroxyl groups is 2. The van der Waals surface area contributed by atoms with Gasteiger partial charge in [0.05, 0.1) is 6.10 Å². The van der Waals surface area contributed by atoms with Crippen LogP contribution >= 0.6 is 0 Å². The number of carbonyl (C=O) groups is 3. The number of carboxylic acid groups (broad SMARTS) is 1. The van der Waals surface area contributed by atoms with Crippen LogP contribution in [0.15, 0.2) is 60.7 Å². The van der Waals surface area contributed by atoms with E-state index < -0.39 is 54.7 Å². The largest absolute Gasteiger partial charge is 0.508 e. The second-order valence-corrected chi connectivity index (χ2v) is 8.01. The molecule has 35 heavy (non-hydrogen) atoms. The maximum absolute atomic E-state index is 12.4. The fourth-order valence-electron chi connectivity index (χ4n) is 3.56. The molecule has 184 valence electrons. The molecule has 0 unspecified atom stereocenters. The molecule has 0 spiro atoms. The van der Waals surface area contributed by atoms with Gasteiger partial charge in [-0.25, -0.2) is 14.4 Å². The minimum absolute atomic E-state index is 0.0304. The first kappa shape index (κ1) is 25.5. The summed E-state index contributed by atoms with van der Waals surface area (Å²) in [5.74, 6) is -3.45. The van der Waals surface area contributed by atoms with E-state index in [2.05, 4.69) is 0 Å². The molecule has 5 N–H and O–H groups in total. The third-order valence-corrected chi connectivity index (χ3v) is 5.41. The number of phenolic OH excluding ortho intramolecular Hbond substituents is 2. The normalized spacial score (nSPS) is 24.3. The molecular formula is C25H24O10. The standard InChI is InChI=1S/C25H24O10/c26-17-7-1-15(2-8-17)5-11-21(29)34-20-14-25(24(32)33,13-19(28)23(20)31)35-22(30)12-6-16-3-9-18(27)10-4-16/h1-12,19-20,23,26-28,31H,13-14H2,(H,32,33)/b11-5+,12-6+/t19-,20-,23-,25+/m1/s1. The highest BCUT2D eigenvalue weighted by atomic mass is 16.6. The topological polar surface area (TPSA) is 171 Å². The Kier molecular flexibility index (Phi) is 7.90. The molecule has 1 saturated carbocycles. The summed E-state index contributed by atoms with van der Waals surface area (Å²) >= 11 is 0. The van der Waals surface area contributed by atoms with Gasteiger partial charge in [0.1, 0.15) is 23.7 Å². The van der Waals surface area contributed by atoms with Crippen molar-refractivity contribution in [2.45, 2.75) is 36.8 Å². The fraction of sp³-hybridized carbons (Fsp3) is 0.240. The van der Waals surface area contributed by atoms with Crippen LogP contribution in [0.4, 0.5) is 0 Å². The molecular weight excluding hydrogens is 460 g/mol. The number of hydrogen-bond acceptors (Lipinski definition) is 9. The first-order valence-electron chi connectivity index (χ1n) is 10.6. The Balaban J connectivity index is 1.71. The predicted molar refractivity (Wildman–Crippen MR) is 122 cm³/mol. The summed E-state index contributed by atoms with van der Waals surface area (Å²) in [7, 11) is 0. The Bertz CT molecular complexity index is 1120. The van der Waals surface area contributed by atoms with Gasteiger partial charge >= 0.3 is 17.9 Å². The molecule has 0 aliphatic heterocycles. The van der Waals surface area contributed by atoms with E-state index in [1.54, 1.807) is 12.1 Å². The van der Waals surface area contributed by atoms with Crippen LogP contribution in [0.1, 0.15) is 24.0 Å². The number of rotatable bonds is 7. The Labute approximate surface area is 200 Å². The maximum Gasteiger partial charge on any atom is 0.348 e. The Hall–Kier alpha value is -4.15. The highest BCUT2D eigenvalue weighted by Crippen LogP contribution is 2.35. The number of phenols is 2. The van der Waals surface area contributed by atoms with Crippen LogP contribution in [0.5, 0.6) is 11.5 Å². The highest BCUT2D eigenvalue weighted by molar-refractivity contribution is 5.91. The van der Waals surface area contributed by atoms with Crippen molar-refractivity contribution in [3.05, 3.63) is 71.8 Å². The number of hydrogen-bond donors (Lipinski definition) is 5. The molecule has 0 saturated heterocycles. The lowest BCUT2D eigenvalue weighted by atomic mass is 9.79. The molecule has 1 aliphatic carbocycles. The third-order valence-electron chi connectivity index (χ3n) is 5.41. The molecule has 1 aliphatic rings. The lowest BCUT2D eigenvalue weighted by Crippen LogP contribution is -2.58. The fourth-order valence-corrected chi connectivity index (χ4v) is 3.56. The smallest absolute Gasteiger partial charge is 0.348 e. The summed E-state index contributed by atoms with van der Waals surface area (Å²) in [4.78, 5) is 36.7. The molecule has 0 heterocycles. The lowest BCUT2D eigenvalue weighted by Gasteiger charge is -2.41. The van der Waals surface area contributed by atoms with Crippen LogP contribution in [-0.2, 0) is 23.9 Å². The lowest BCUT2D eigenvalue weighted by molar-refractivity contribution is -0.207. The number of esters is 2. The Morgan fingerprint density at radius 2 is 1.29 bits per heavy atom. The molecule has 2 aromatic rings. The van der Waals surface area contributed by atoms with E-state index in [9.17, 15) is 39.9 Å². The maximum atomic E-state index is 12.4. The molecule has 10 heteroatoms. The number of ether oxygens (including phenoxy) is 2. The van der Waals surface area contributed by atoms with E-state index >= 15 is 0 Å². The SMILES string of the molecule is O=C(/C=C/c1ccc(O)cc1)O[C@@H]1C[C@](OC(=O)/C=C/c2ccc(O)cc2)(C(=O)O)C[C@@H](O)[C@H]1O. The van der Waals surface area contributed by atoms with Crippen molar-refractivity contribution in [2.75, 3.05) is 0 Å². The van der Waals surface area contributed by atoms with E-state index in [1.807, 2.05) is 0 Å². The molecule has 2 aromatic carbocycles. The van der Waals surface area contributed by atoms with Crippen molar-refractivity contribution in [3.8, 4) is 11.5 Å².